The van der Waals surface area contributed by atoms with Crippen LogP contribution >= 0.6 is 0 Å². The van der Waals surface area contributed by atoms with Crippen molar-refractivity contribution < 1.29 is 18.9 Å². The first-order valence-electron chi connectivity index (χ1n) is 9.80. The lowest BCUT2D eigenvalue weighted by Crippen LogP contribution is -2.39. The van der Waals surface area contributed by atoms with E-state index >= 15 is 0 Å². The average molecular weight is 442 g/mol. The molecule has 31 heavy (non-hydrogen) atoms. The van der Waals surface area contributed by atoms with E-state index in [0.717, 1.165) is 11.1 Å². The van der Waals surface area contributed by atoms with Gasteiger partial charge in [-0.05, 0) is 31.0 Å². The monoisotopic (exact) mass is 441 g/mol. The van der Waals surface area contributed by atoms with Gasteiger partial charge in [0.1, 0.15) is 6.11 Å². The molecule has 1 heterocycles. The second kappa shape index (κ2) is 11.9. The number of carbonyl (C=O) groups excluding carboxylic acids is 2. The lowest BCUT2D eigenvalue weighted by Gasteiger charge is -2.23. The van der Waals surface area contributed by atoms with Crippen LogP contribution in [0, 0.1) is 25.4 Å². The van der Waals surface area contributed by atoms with Gasteiger partial charge in [-0.15, -0.1) is 0 Å². The van der Waals surface area contributed by atoms with Gasteiger partial charge in [0.05, 0.1) is 17.4 Å². The Morgan fingerprint density at radius 1 is 1.19 bits per heavy atom. The van der Waals surface area contributed by atoms with E-state index in [2.05, 4.69) is 6.42 Å². The minimum atomic E-state index is -1.58. The number of amides is 2. The van der Waals surface area contributed by atoms with Gasteiger partial charge in [0.15, 0.2) is 11.0 Å². The largest absolute Gasteiger partial charge is 0.462 e. The van der Waals surface area contributed by atoms with E-state index in [1.54, 1.807) is 12.1 Å². The van der Waals surface area contributed by atoms with Crippen LogP contribution in [0.1, 0.15) is 11.1 Å². The zero-order chi connectivity index (χ0) is 22.8. The number of nitrogens with zero attached hydrogens (tertiary/aromatic N) is 2. The van der Waals surface area contributed by atoms with E-state index in [0.29, 0.717) is 24.4 Å². The molecule has 2 amide bonds. The normalized spacial score (nSPS) is 17.6. The summed E-state index contributed by atoms with van der Waals surface area (Å²) in [5, 5.41) is 7.10. The van der Waals surface area contributed by atoms with Gasteiger partial charge in [0, 0.05) is 19.6 Å². The van der Waals surface area contributed by atoms with Crippen molar-refractivity contribution >= 4 is 22.8 Å². The Labute approximate surface area is 185 Å². The molecule has 8 heteroatoms. The Kier molecular flexibility index (Phi) is 9.25. The Morgan fingerprint density at radius 2 is 1.81 bits per heavy atom. The van der Waals surface area contributed by atoms with E-state index in [9.17, 15) is 13.8 Å². The Balaban J connectivity index is 0.00000107. The lowest BCUT2D eigenvalue weighted by atomic mass is 9.98. The van der Waals surface area contributed by atoms with Crippen LogP contribution in [0.25, 0.3) is 0 Å². The van der Waals surface area contributed by atoms with Crippen LogP contribution < -0.4 is 5.73 Å². The highest BCUT2D eigenvalue weighted by molar-refractivity contribution is 7.83. The van der Waals surface area contributed by atoms with Crippen molar-refractivity contribution in [2.45, 2.75) is 18.2 Å². The molecule has 7 nitrogen and oxygen atoms in total. The third-order valence-electron chi connectivity index (χ3n) is 4.82. The van der Waals surface area contributed by atoms with Crippen LogP contribution in [0.15, 0.2) is 59.5 Å². The first kappa shape index (κ1) is 24.1. The van der Waals surface area contributed by atoms with Crippen molar-refractivity contribution in [2.24, 2.45) is 11.7 Å². The molecule has 0 spiro atoms. The molecule has 1 aliphatic rings. The second-order valence-corrected chi connectivity index (χ2v) is 8.63. The fourth-order valence-corrected chi connectivity index (χ4v) is 4.57. The summed E-state index contributed by atoms with van der Waals surface area (Å²) in [6, 6.07) is 17.1. The van der Waals surface area contributed by atoms with Gasteiger partial charge in [-0.3, -0.25) is 18.8 Å². The number of hydrogen-bond donors (Lipinski definition) is 2. The third-order valence-corrected chi connectivity index (χ3v) is 6.26. The van der Waals surface area contributed by atoms with Crippen LogP contribution in [-0.4, -0.2) is 56.5 Å². The summed E-state index contributed by atoms with van der Waals surface area (Å²) in [7, 11) is -1.58. The molecule has 164 valence electrons. The van der Waals surface area contributed by atoms with Gasteiger partial charge >= 0.3 is 0 Å². The molecule has 1 saturated heterocycles. The predicted molar refractivity (Wildman–Crippen MR) is 119 cm³/mol. The van der Waals surface area contributed by atoms with E-state index < -0.39 is 22.8 Å². The molecule has 2 atom stereocenters. The summed E-state index contributed by atoms with van der Waals surface area (Å²) in [5.74, 6) is -0.979. The van der Waals surface area contributed by atoms with Gasteiger partial charge in [-0.25, -0.2) is 4.21 Å². The summed E-state index contributed by atoms with van der Waals surface area (Å²) in [4.78, 5) is 27.1. The van der Waals surface area contributed by atoms with Crippen LogP contribution in [0.3, 0.4) is 0 Å². The number of nitrogens with two attached hydrogens (primary N) is 1. The molecule has 0 aliphatic carbocycles. The van der Waals surface area contributed by atoms with Crippen LogP contribution in [-0.2, 0) is 27.0 Å². The highest BCUT2D eigenvalue weighted by Crippen LogP contribution is 2.21. The SMILES string of the molecule is C#CO.Cc1ccc(S(=O)N2CCN(CC(N)=O)CC(Cc3ccccc3)C2=O)cc1. The lowest BCUT2D eigenvalue weighted by molar-refractivity contribution is -0.130. The Bertz CT molecular complexity index is 942. The minimum absolute atomic E-state index is 0.0869. The predicted octanol–water partition coefficient (Wildman–Crippen LogP) is 1.46. The van der Waals surface area contributed by atoms with Gasteiger partial charge < -0.3 is 10.8 Å². The summed E-state index contributed by atoms with van der Waals surface area (Å²) in [6.45, 7) is 3.21. The molecule has 0 bridgehead atoms. The maximum atomic E-state index is 13.3. The number of hydrogen-bond acceptors (Lipinski definition) is 5. The van der Waals surface area contributed by atoms with Gasteiger partial charge in [-0.1, -0.05) is 54.5 Å². The maximum absolute atomic E-state index is 13.3. The number of benzene rings is 2. The first-order chi connectivity index (χ1) is 14.8. The van der Waals surface area contributed by atoms with E-state index in [4.69, 9.17) is 10.8 Å². The van der Waals surface area contributed by atoms with Gasteiger partial charge in [0.25, 0.3) is 0 Å². The molecular formula is C23H27N3O4S. The van der Waals surface area contributed by atoms with Crippen molar-refractivity contribution in [3.8, 4) is 12.5 Å². The quantitative estimate of drug-likeness (QED) is 0.661. The van der Waals surface area contributed by atoms with Crippen LogP contribution in [0.5, 0.6) is 0 Å². The summed E-state index contributed by atoms with van der Waals surface area (Å²) in [6.07, 6.45) is 5.93. The Morgan fingerprint density at radius 3 is 2.39 bits per heavy atom. The topological polar surface area (TPSA) is 104 Å². The molecule has 0 radical (unpaired) electrons. The summed E-state index contributed by atoms with van der Waals surface area (Å²) >= 11 is 0. The second-order valence-electron chi connectivity index (χ2n) is 7.22. The number of carbonyl (C=O) groups is 2. The van der Waals surface area contributed by atoms with Gasteiger partial charge in [0.2, 0.25) is 11.8 Å². The number of aliphatic hydroxyl groups excluding tert-OH is 1. The van der Waals surface area contributed by atoms with Crippen molar-refractivity contribution in [3.63, 3.8) is 0 Å². The van der Waals surface area contributed by atoms with Crippen LogP contribution in [0.4, 0.5) is 0 Å². The molecule has 0 saturated carbocycles. The molecule has 2 aromatic rings. The maximum Gasteiger partial charge on any atom is 0.239 e. The van der Waals surface area contributed by atoms with Crippen molar-refractivity contribution in [1.82, 2.24) is 9.21 Å². The van der Waals surface area contributed by atoms with Crippen molar-refractivity contribution in [1.29, 1.82) is 0 Å². The number of terminal acetylenes is 1. The number of rotatable bonds is 6. The molecular weight excluding hydrogens is 414 g/mol. The fraction of sp³-hybridized carbons (Fsp3) is 0.304. The zero-order valence-electron chi connectivity index (χ0n) is 17.4. The number of aliphatic hydroxyl groups is 1. The third kappa shape index (κ3) is 7.24. The van der Waals surface area contributed by atoms with E-state index in [-0.39, 0.29) is 19.0 Å². The standard InChI is InChI=1S/C21H25N3O3S.C2H2O/c1-16-7-9-19(10-8-16)28(27)24-12-11-23(15-20(22)25)14-18(21(24)26)13-17-5-3-2-4-6-17;1-2-3/h2-10,18H,11-15H2,1H3,(H2,22,25);1,3H. The molecule has 1 aliphatic heterocycles. The highest BCUT2D eigenvalue weighted by Gasteiger charge is 2.34. The number of primary amides is 1. The van der Waals surface area contributed by atoms with E-state index in [1.165, 1.54) is 10.4 Å². The minimum Gasteiger partial charge on any atom is -0.462 e. The molecule has 2 unspecified atom stereocenters. The fourth-order valence-electron chi connectivity index (χ4n) is 3.39. The number of aryl methyl sites for hydroxylation is 1. The Hall–Kier alpha value is -3.15. The highest BCUT2D eigenvalue weighted by atomic mass is 32.2. The van der Waals surface area contributed by atoms with Crippen molar-refractivity contribution in [3.05, 3.63) is 65.7 Å². The van der Waals surface area contributed by atoms with Gasteiger partial charge in [-0.2, -0.15) is 0 Å². The first-order valence-corrected chi connectivity index (χ1v) is 10.9. The zero-order valence-corrected chi connectivity index (χ0v) is 18.3. The molecule has 0 aromatic heterocycles. The van der Waals surface area contributed by atoms with E-state index in [1.807, 2.05) is 54.3 Å². The van der Waals surface area contributed by atoms with Crippen LogP contribution in [0.2, 0.25) is 0 Å². The molecule has 3 N–H and O–H groups in total. The summed E-state index contributed by atoms with van der Waals surface area (Å²) < 4.78 is 14.5. The summed E-state index contributed by atoms with van der Waals surface area (Å²) in [5.41, 5.74) is 7.47. The van der Waals surface area contributed by atoms with Crippen molar-refractivity contribution in [2.75, 3.05) is 26.2 Å². The average Bonchev–Trinajstić information content (AvgIpc) is 2.88. The smallest absolute Gasteiger partial charge is 0.239 e. The molecule has 3 rings (SSSR count). The molecule has 2 aromatic carbocycles. The molecule has 1 fully saturated rings.